The topological polar surface area (TPSA) is 17.1 Å². The molecule has 0 rings (SSSR count). The van der Waals surface area contributed by atoms with Crippen LogP contribution >= 0.6 is 0 Å². The Balaban J connectivity index is 0. The van der Waals surface area contributed by atoms with Gasteiger partial charge in [0.05, 0.1) is 0 Å². The number of carbonyl (C=O) groups excluding carboxylic acids is 1. The molecular formula is C2H3CoO-. The second kappa shape index (κ2) is 11.7. The van der Waals surface area contributed by atoms with Crippen LogP contribution in [0.15, 0.2) is 0 Å². The molecule has 0 unspecified atom stereocenters. The van der Waals surface area contributed by atoms with Crippen LogP contribution in [0.3, 0.4) is 0 Å². The fourth-order valence-corrected chi connectivity index (χ4v) is 0. The van der Waals surface area contributed by atoms with E-state index in [0.717, 1.165) is 0 Å². The Morgan fingerprint density at radius 1 is 1.75 bits per heavy atom. The summed E-state index contributed by atoms with van der Waals surface area (Å²) in [6.45, 7) is 2.81. The molecule has 0 aromatic heterocycles. The molecule has 0 N–H and O–H groups in total. The van der Waals surface area contributed by atoms with E-state index in [9.17, 15) is 0 Å². The molecule has 0 heterocycles. The number of carbonyl (C=O) groups is 1. The molecule has 0 fully saturated rings. The van der Waals surface area contributed by atoms with Crippen molar-refractivity contribution in [2.24, 2.45) is 0 Å². The Labute approximate surface area is 35.6 Å². The molecule has 0 spiro atoms. The average molecular weight is 102 g/mol. The van der Waals surface area contributed by atoms with E-state index in [2.05, 4.69) is 6.92 Å². The van der Waals surface area contributed by atoms with Gasteiger partial charge in [0.1, 0.15) is 0 Å². The van der Waals surface area contributed by atoms with Crippen molar-refractivity contribution in [2.45, 2.75) is 0 Å². The quantitative estimate of drug-likeness (QED) is 0.311. The smallest absolute Gasteiger partial charge is 0 e. The first-order chi connectivity index (χ1) is 1.41. The van der Waals surface area contributed by atoms with Crippen LogP contribution in [-0.4, -0.2) is 6.29 Å². The monoisotopic (exact) mass is 102 g/mol. The first-order valence-electron chi connectivity index (χ1n) is 0.644. The van der Waals surface area contributed by atoms with Crippen molar-refractivity contribution in [3.63, 3.8) is 0 Å². The van der Waals surface area contributed by atoms with E-state index in [0.29, 0.717) is 6.29 Å². The zero-order valence-corrected chi connectivity index (χ0v) is 3.07. The Kier molecular flexibility index (Phi) is 26.1. The van der Waals surface area contributed by atoms with Crippen molar-refractivity contribution in [1.29, 1.82) is 0 Å². The summed E-state index contributed by atoms with van der Waals surface area (Å²) in [5, 5.41) is 0. The molecule has 1 nitrogen and oxygen atoms in total. The summed E-state index contributed by atoms with van der Waals surface area (Å²) in [5.41, 5.74) is 0. The van der Waals surface area contributed by atoms with E-state index < -0.39 is 0 Å². The molecule has 27 valence electrons. The van der Waals surface area contributed by atoms with Crippen molar-refractivity contribution in [2.75, 3.05) is 0 Å². The van der Waals surface area contributed by atoms with Gasteiger partial charge in [0.2, 0.25) is 0 Å². The molecule has 0 atom stereocenters. The summed E-state index contributed by atoms with van der Waals surface area (Å²) in [7, 11) is 0. The molecule has 0 aliphatic rings. The molecule has 0 aliphatic carbocycles. The van der Waals surface area contributed by atoms with Crippen LogP contribution in [0, 0.1) is 6.92 Å². The van der Waals surface area contributed by atoms with E-state index >= 15 is 0 Å². The van der Waals surface area contributed by atoms with Gasteiger partial charge in [0.25, 0.3) is 0 Å². The van der Waals surface area contributed by atoms with Crippen LogP contribution in [0.25, 0.3) is 0 Å². The summed E-state index contributed by atoms with van der Waals surface area (Å²) in [5.74, 6) is 0. The first-order valence-corrected chi connectivity index (χ1v) is 0.644. The summed E-state index contributed by atoms with van der Waals surface area (Å²) in [6, 6.07) is 0. The average Bonchev–Trinajstić information content (AvgIpc) is 0.918. The third-order valence-electron chi connectivity index (χ3n) is 0. The summed E-state index contributed by atoms with van der Waals surface area (Å²) in [4.78, 5) is 8.69. The van der Waals surface area contributed by atoms with Gasteiger partial charge >= 0.3 is 0 Å². The van der Waals surface area contributed by atoms with Gasteiger partial charge in [0.15, 0.2) is 0 Å². The third-order valence-corrected chi connectivity index (χ3v) is 0. The molecule has 0 amide bonds. The minimum absolute atomic E-state index is 0. The summed E-state index contributed by atoms with van der Waals surface area (Å²) in [6.07, 6.45) is 0.500. The van der Waals surface area contributed by atoms with E-state index in [4.69, 9.17) is 4.79 Å². The summed E-state index contributed by atoms with van der Waals surface area (Å²) < 4.78 is 0. The molecule has 0 aromatic rings. The van der Waals surface area contributed by atoms with Gasteiger partial charge in [0, 0.05) is 16.8 Å². The van der Waals surface area contributed by atoms with Gasteiger partial charge in [-0.3, -0.25) is 0 Å². The van der Waals surface area contributed by atoms with Crippen molar-refractivity contribution in [3.05, 3.63) is 6.92 Å². The minimum atomic E-state index is 0. The normalized spacial score (nSPS) is 3.00. The zero-order valence-electron chi connectivity index (χ0n) is 2.03. The largest absolute Gasteiger partial charge is 0.343 e. The molecular weight excluding hydrogens is 99.0 g/mol. The fraction of sp³-hybridized carbons (Fsp3) is 0. The van der Waals surface area contributed by atoms with E-state index in [1.807, 2.05) is 0 Å². The van der Waals surface area contributed by atoms with E-state index in [1.165, 1.54) is 0 Å². The second-order valence-electron chi connectivity index (χ2n) is 0.167. The maximum Gasteiger partial charge on any atom is 0 e. The summed E-state index contributed by atoms with van der Waals surface area (Å²) >= 11 is 0. The molecule has 0 saturated carbocycles. The fourth-order valence-electron chi connectivity index (χ4n) is 0. The molecule has 4 heavy (non-hydrogen) atoms. The van der Waals surface area contributed by atoms with Crippen LogP contribution < -0.4 is 0 Å². The van der Waals surface area contributed by atoms with E-state index in [1.54, 1.807) is 0 Å². The molecule has 0 saturated heterocycles. The number of hydrogen-bond donors (Lipinski definition) is 0. The Morgan fingerprint density at radius 3 is 1.75 bits per heavy atom. The number of rotatable bonds is 0. The van der Waals surface area contributed by atoms with Crippen LogP contribution in [-0.2, 0) is 21.6 Å². The van der Waals surface area contributed by atoms with Gasteiger partial charge in [-0.2, -0.15) is 0 Å². The van der Waals surface area contributed by atoms with Gasteiger partial charge in [-0.05, 0) is 6.29 Å². The predicted molar refractivity (Wildman–Crippen MR) is 11.4 cm³/mol. The molecule has 0 aromatic carbocycles. The molecule has 0 aliphatic heterocycles. The van der Waals surface area contributed by atoms with Gasteiger partial charge in [-0.25, -0.2) is 0 Å². The maximum atomic E-state index is 8.69. The molecule has 2 heteroatoms. The van der Waals surface area contributed by atoms with Gasteiger partial charge in [-0.15, -0.1) is 0 Å². The SMILES string of the molecule is [CH2-]C=O.[Co]. The van der Waals surface area contributed by atoms with E-state index in [-0.39, 0.29) is 16.8 Å². The van der Waals surface area contributed by atoms with Crippen molar-refractivity contribution < 1.29 is 21.6 Å². The molecule has 1 radical (unpaired) electrons. The Morgan fingerprint density at radius 2 is 1.75 bits per heavy atom. The van der Waals surface area contributed by atoms with Crippen LogP contribution in [0.5, 0.6) is 0 Å². The molecule has 0 bridgehead atoms. The minimum Gasteiger partial charge on any atom is -0.343 e. The number of aldehydes is 1. The zero-order chi connectivity index (χ0) is 2.71. The second-order valence-corrected chi connectivity index (χ2v) is 0.167. The van der Waals surface area contributed by atoms with Crippen molar-refractivity contribution in [1.82, 2.24) is 0 Å². The number of hydrogen-bond acceptors (Lipinski definition) is 1. The predicted octanol–water partition coefficient (Wildman–Crippen LogP) is 0.0169. The van der Waals surface area contributed by atoms with Crippen molar-refractivity contribution >= 4 is 6.29 Å². The van der Waals surface area contributed by atoms with Crippen LogP contribution in [0.1, 0.15) is 0 Å². The van der Waals surface area contributed by atoms with Crippen LogP contribution in [0.4, 0.5) is 0 Å². The standard InChI is InChI=1S/C2H3O.Co/c1-2-3;/h2H,1H2;/q-1;. The first kappa shape index (κ1) is 8.97. The third kappa shape index (κ3) is 1040. The van der Waals surface area contributed by atoms with Gasteiger partial charge in [-0.1, -0.05) is 0 Å². The van der Waals surface area contributed by atoms with Crippen LogP contribution in [0.2, 0.25) is 0 Å². The Hall–Kier alpha value is 0.0465. The maximum absolute atomic E-state index is 8.69. The van der Waals surface area contributed by atoms with Crippen molar-refractivity contribution in [3.8, 4) is 0 Å². The Bertz CT molecular complexity index is 13.5. The van der Waals surface area contributed by atoms with Gasteiger partial charge < -0.3 is 11.7 Å².